The fraction of sp³-hybridized carbons (Fsp3) is 0.176. The normalized spacial score (nSPS) is 12.1. The minimum absolute atomic E-state index is 0.217. The van der Waals surface area contributed by atoms with Gasteiger partial charge in [-0.15, -0.1) is 5.10 Å². The molecule has 1 aromatic heterocycles. The van der Waals surface area contributed by atoms with E-state index in [0.29, 0.717) is 0 Å². The highest BCUT2D eigenvalue weighted by Crippen LogP contribution is 2.24. The summed E-state index contributed by atoms with van der Waals surface area (Å²) < 4.78 is 1.77. The van der Waals surface area contributed by atoms with E-state index in [4.69, 9.17) is 0 Å². The summed E-state index contributed by atoms with van der Waals surface area (Å²) in [6.07, 6.45) is 3.53. The summed E-state index contributed by atoms with van der Waals surface area (Å²) in [5.41, 5.74) is 4.57. The van der Waals surface area contributed by atoms with Crippen molar-refractivity contribution in [3.63, 3.8) is 0 Å². The van der Waals surface area contributed by atoms with Crippen LogP contribution in [0.15, 0.2) is 60.9 Å². The molecule has 2 aromatic carbocycles. The molecule has 0 saturated carbocycles. The number of aromatic nitrogens is 3. The molecular weight excluding hydrogens is 260 g/mol. The lowest BCUT2D eigenvalue weighted by molar-refractivity contribution is 0.798. The van der Waals surface area contributed by atoms with Crippen LogP contribution in [-0.4, -0.2) is 15.0 Å². The molecule has 106 valence electrons. The first-order chi connectivity index (χ1) is 10.2. The van der Waals surface area contributed by atoms with E-state index in [9.17, 15) is 0 Å². The predicted molar refractivity (Wildman–Crippen MR) is 84.6 cm³/mol. The average Bonchev–Trinajstić information content (AvgIpc) is 3.02. The highest BCUT2D eigenvalue weighted by atomic mass is 15.4. The zero-order valence-corrected chi connectivity index (χ0v) is 12.2. The number of benzene rings is 2. The highest BCUT2D eigenvalue weighted by Gasteiger charge is 2.09. The van der Waals surface area contributed by atoms with Crippen molar-refractivity contribution < 1.29 is 0 Å². The molecule has 1 N–H and O–H groups in total. The Morgan fingerprint density at radius 1 is 1.10 bits per heavy atom. The molecule has 4 heteroatoms. The molecular formula is C17H18N4. The van der Waals surface area contributed by atoms with Gasteiger partial charge in [0, 0.05) is 6.04 Å². The van der Waals surface area contributed by atoms with E-state index in [-0.39, 0.29) is 6.04 Å². The van der Waals surface area contributed by atoms with Gasteiger partial charge < -0.3 is 5.32 Å². The third-order valence-corrected chi connectivity index (χ3v) is 3.49. The van der Waals surface area contributed by atoms with E-state index in [1.807, 2.05) is 24.4 Å². The highest BCUT2D eigenvalue weighted by molar-refractivity contribution is 5.61. The van der Waals surface area contributed by atoms with Crippen molar-refractivity contribution >= 4 is 5.69 Å². The van der Waals surface area contributed by atoms with Crippen molar-refractivity contribution in [1.82, 2.24) is 15.0 Å². The van der Waals surface area contributed by atoms with Crippen LogP contribution >= 0.6 is 0 Å². The van der Waals surface area contributed by atoms with Crippen molar-refractivity contribution in [1.29, 1.82) is 0 Å². The summed E-state index contributed by atoms with van der Waals surface area (Å²) in [6.45, 7) is 4.27. The summed E-state index contributed by atoms with van der Waals surface area (Å²) in [5.74, 6) is 0. The van der Waals surface area contributed by atoms with Crippen molar-refractivity contribution in [2.75, 3.05) is 5.32 Å². The van der Waals surface area contributed by atoms with Crippen LogP contribution in [0.25, 0.3) is 5.69 Å². The zero-order chi connectivity index (χ0) is 14.7. The van der Waals surface area contributed by atoms with E-state index < -0.39 is 0 Å². The number of nitrogens with zero attached hydrogens (tertiary/aromatic N) is 3. The molecule has 21 heavy (non-hydrogen) atoms. The van der Waals surface area contributed by atoms with Crippen LogP contribution in [-0.2, 0) is 0 Å². The van der Waals surface area contributed by atoms with Gasteiger partial charge in [0.2, 0.25) is 0 Å². The van der Waals surface area contributed by atoms with Gasteiger partial charge in [0.25, 0.3) is 0 Å². The van der Waals surface area contributed by atoms with Gasteiger partial charge in [-0.25, -0.2) is 4.68 Å². The summed E-state index contributed by atoms with van der Waals surface area (Å²) in [5, 5.41) is 11.5. The summed E-state index contributed by atoms with van der Waals surface area (Å²) in [6, 6.07) is 16.9. The van der Waals surface area contributed by atoms with Gasteiger partial charge in [0.05, 0.1) is 23.8 Å². The lowest BCUT2D eigenvalue weighted by atomic mass is 10.1. The van der Waals surface area contributed by atoms with Crippen LogP contribution in [0, 0.1) is 6.92 Å². The predicted octanol–water partition coefficient (Wildman–Crippen LogP) is 3.75. The molecule has 0 spiro atoms. The average molecular weight is 278 g/mol. The van der Waals surface area contributed by atoms with Gasteiger partial charge in [0.1, 0.15) is 0 Å². The Hall–Kier alpha value is -2.62. The maximum Gasteiger partial charge on any atom is 0.0894 e. The second kappa shape index (κ2) is 5.79. The molecule has 1 heterocycles. The Bertz CT molecular complexity index is 719. The Kier molecular flexibility index (Phi) is 3.69. The van der Waals surface area contributed by atoms with Gasteiger partial charge in [-0.1, -0.05) is 47.2 Å². The quantitative estimate of drug-likeness (QED) is 0.790. The van der Waals surface area contributed by atoms with E-state index in [2.05, 4.69) is 59.8 Å². The smallest absolute Gasteiger partial charge is 0.0894 e. The molecule has 0 radical (unpaired) electrons. The standard InChI is InChI=1S/C17H18N4/c1-13-6-5-7-15(12-13)14(2)19-16-8-3-4-9-17(16)21-11-10-18-20-21/h3-12,14,19H,1-2H3. The second-order valence-corrected chi connectivity index (χ2v) is 5.14. The number of anilines is 1. The molecule has 1 unspecified atom stereocenters. The summed E-state index contributed by atoms with van der Waals surface area (Å²) in [4.78, 5) is 0. The minimum Gasteiger partial charge on any atom is -0.377 e. The first-order valence-corrected chi connectivity index (χ1v) is 7.03. The Morgan fingerprint density at radius 2 is 1.95 bits per heavy atom. The van der Waals surface area contributed by atoms with Crippen LogP contribution in [0.2, 0.25) is 0 Å². The molecule has 0 saturated heterocycles. The van der Waals surface area contributed by atoms with E-state index in [1.165, 1.54) is 11.1 Å². The van der Waals surface area contributed by atoms with Crippen LogP contribution in [0.4, 0.5) is 5.69 Å². The number of rotatable bonds is 4. The van der Waals surface area contributed by atoms with Gasteiger partial charge in [-0.2, -0.15) is 0 Å². The first-order valence-electron chi connectivity index (χ1n) is 7.03. The minimum atomic E-state index is 0.217. The largest absolute Gasteiger partial charge is 0.377 e. The fourth-order valence-corrected chi connectivity index (χ4v) is 2.39. The van der Waals surface area contributed by atoms with Crippen molar-refractivity contribution in [2.24, 2.45) is 0 Å². The zero-order valence-electron chi connectivity index (χ0n) is 12.2. The molecule has 3 rings (SSSR count). The molecule has 3 aromatic rings. The SMILES string of the molecule is Cc1cccc(C(C)Nc2ccccc2-n2ccnn2)c1. The van der Waals surface area contributed by atoms with Gasteiger partial charge >= 0.3 is 0 Å². The molecule has 0 aliphatic heterocycles. The second-order valence-electron chi connectivity index (χ2n) is 5.14. The first kappa shape index (κ1) is 13.4. The number of para-hydroxylation sites is 2. The van der Waals surface area contributed by atoms with Crippen LogP contribution in [0.3, 0.4) is 0 Å². The van der Waals surface area contributed by atoms with Crippen molar-refractivity contribution in [2.45, 2.75) is 19.9 Å². The fourth-order valence-electron chi connectivity index (χ4n) is 2.39. The molecule has 0 amide bonds. The van der Waals surface area contributed by atoms with Crippen LogP contribution in [0.5, 0.6) is 0 Å². The van der Waals surface area contributed by atoms with Gasteiger partial charge in [0.15, 0.2) is 0 Å². The van der Waals surface area contributed by atoms with E-state index in [1.54, 1.807) is 10.9 Å². The number of nitrogens with one attached hydrogen (secondary N) is 1. The Balaban J connectivity index is 1.88. The topological polar surface area (TPSA) is 42.7 Å². The molecule has 4 nitrogen and oxygen atoms in total. The van der Waals surface area contributed by atoms with Crippen LogP contribution in [0.1, 0.15) is 24.1 Å². The number of hydrogen-bond acceptors (Lipinski definition) is 3. The van der Waals surface area contributed by atoms with Crippen molar-refractivity contribution in [3.05, 3.63) is 72.1 Å². The van der Waals surface area contributed by atoms with Gasteiger partial charge in [-0.05, 0) is 31.5 Å². The monoisotopic (exact) mass is 278 g/mol. The maximum atomic E-state index is 4.07. The summed E-state index contributed by atoms with van der Waals surface area (Å²) >= 11 is 0. The Morgan fingerprint density at radius 3 is 2.71 bits per heavy atom. The number of hydrogen-bond donors (Lipinski definition) is 1. The molecule has 0 bridgehead atoms. The van der Waals surface area contributed by atoms with E-state index in [0.717, 1.165) is 11.4 Å². The van der Waals surface area contributed by atoms with Crippen LogP contribution < -0.4 is 5.32 Å². The molecule has 0 fully saturated rings. The third kappa shape index (κ3) is 2.94. The van der Waals surface area contributed by atoms with Gasteiger partial charge in [-0.3, -0.25) is 0 Å². The van der Waals surface area contributed by atoms with Crippen molar-refractivity contribution in [3.8, 4) is 5.69 Å². The molecule has 0 aliphatic rings. The number of aryl methyl sites for hydroxylation is 1. The molecule has 0 aliphatic carbocycles. The summed E-state index contributed by atoms with van der Waals surface area (Å²) in [7, 11) is 0. The third-order valence-electron chi connectivity index (χ3n) is 3.49. The van der Waals surface area contributed by atoms with E-state index >= 15 is 0 Å². The molecule has 1 atom stereocenters. The Labute approximate surface area is 124 Å². The lowest BCUT2D eigenvalue weighted by Crippen LogP contribution is -2.09. The lowest BCUT2D eigenvalue weighted by Gasteiger charge is -2.18. The maximum absolute atomic E-state index is 4.07.